The number of rotatable bonds is 6. The Morgan fingerprint density at radius 3 is 2.44 bits per heavy atom. The van der Waals surface area contributed by atoms with Gasteiger partial charge in [0.05, 0.1) is 5.69 Å². The number of nitrogens with two attached hydrogens (primary N) is 1. The zero-order valence-electron chi connectivity index (χ0n) is 11.8. The van der Waals surface area contributed by atoms with Gasteiger partial charge in [-0.3, -0.25) is 0 Å². The quantitative estimate of drug-likeness (QED) is 0.876. The zero-order chi connectivity index (χ0) is 13.7. The van der Waals surface area contributed by atoms with Gasteiger partial charge in [-0.25, -0.2) is 0 Å². The predicted octanol–water partition coefficient (Wildman–Crippen LogP) is 2.68. The molecule has 0 amide bonds. The molecule has 1 rings (SSSR count). The van der Waals surface area contributed by atoms with Crippen molar-refractivity contribution < 1.29 is 0 Å². The van der Waals surface area contributed by atoms with Gasteiger partial charge in [0.2, 0.25) is 0 Å². The van der Waals surface area contributed by atoms with Gasteiger partial charge in [0.25, 0.3) is 0 Å². The standard InChI is InChI=1S/C14H24BrN3/c1-5-18(11(2)10-17(3)4)14-7-6-12(9-16)8-13(14)15/h6-8,11H,5,9-10,16H2,1-4H3. The number of halogens is 1. The van der Waals surface area contributed by atoms with E-state index in [2.05, 4.69) is 71.9 Å². The third kappa shape index (κ3) is 3.97. The number of anilines is 1. The molecule has 0 fully saturated rings. The summed E-state index contributed by atoms with van der Waals surface area (Å²) in [6, 6.07) is 6.85. The molecule has 2 N–H and O–H groups in total. The van der Waals surface area contributed by atoms with E-state index in [1.165, 1.54) is 5.69 Å². The zero-order valence-corrected chi connectivity index (χ0v) is 13.4. The summed E-state index contributed by atoms with van der Waals surface area (Å²) in [5, 5.41) is 0. The molecule has 1 atom stereocenters. The summed E-state index contributed by atoms with van der Waals surface area (Å²) >= 11 is 3.65. The first kappa shape index (κ1) is 15.5. The van der Waals surface area contributed by atoms with Crippen LogP contribution in [0.2, 0.25) is 0 Å². The van der Waals surface area contributed by atoms with Crippen LogP contribution in [0.1, 0.15) is 19.4 Å². The molecule has 0 aliphatic rings. The fourth-order valence-electron chi connectivity index (χ4n) is 2.26. The van der Waals surface area contributed by atoms with E-state index in [1.54, 1.807) is 0 Å². The normalized spacial score (nSPS) is 12.8. The van der Waals surface area contributed by atoms with Crippen molar-refractivity contribution in [1.82, 2.24) is 4.90 Å². The Morgan fingerprint density at radius 1 is 1.33 bits per heavy atom. The summed E-state index contributed by atoms with van der Waals surface area (Å²) in [5.41, 5.74) is 8.06. The molecule has 0 bridgehead atoms. The van der Waals surface area contributed by atoms with Gasteiger partial charge < -0.3 is 15.5 Å². The van der Waals surface area contributed by atoms with Crippen LogP contribution in [0.5, 0.6) is 0 Å². The molecule has 102 valence electrons. The molecule has 4 heteroatoms. The molecule has 0 saturated heterocycles. The molecular weight excluding hydrogens is 290 g/mol. The van der Waals surface area contributed by atoms with Gasteiger partial charge in [-0.1, -0.05) is 6.07 Å². The first-order chi connectivity index (χ1) is 8.49. The average molecular weight is 314 g/mol. The van der Waals surface area contributed by atoms with Crippen LogP contribution in [0.15, 0.2) is 22.7 Å². The largest absolute Gasteiger partial charge is 0.367 e. The van der Waals surface area contributed by atoms with Gasteiger partial charge in [-0.05, 0) is 61.6 Å². The monoisotopic (exact) mass is 313 g/mol. The summed E-state index contributed by atoms with van der Waals surface area (Å²) in [5.74, 6) is 0. The lowest BCUT2D eigenvalue weighted by Gasteiger charge is -2.33. The van der Waals surface area contributed by atoms with Crippen molar-refractivity contribution in [3.05, 3.63) is 28.2 Å². The van der Waals surface area contributed by atoms with Crippen molar-refractivity contribution >= 4 is 21.6 Å². The predicted molar refractivity (Wildman–Crippen MR) is 83.1 cm³/mol. The highest BCUT2D eigenvalue weighted by Gasteiger charge is 2.16. The molecular formula is C14H24BrN3. The molecule has 0 heterocycles. The van der Waals surface area contributed by atoms with E-state index in [-0.39, 0.29) is 0 Å². The lowest BCUT2D eigenvalue weighted by molar-refractivity contribution is 0.373. The van der Waals surface area contributed by atoms with Crippen LogP contribution in [0.3, 0.4) is 0 Å². The molecule has 0 saturated carbocycles. The topological polar surface area (TPSA) is 32.5 Å². The SMILES string of the molecule is CCN(c1ccc(CN)cc1Br)C(C)CN(C)C. The van der Waals surface area contributed by atoms with E-state index in [0.29, 0.717) is 12.6 Å². The molecule has 18 heavy (non-hydrogen) atoms. The highest BCUT2D eigenvalue weighted by atomic mass is 79.9. The van der Waals surface area contributed by atoms with E-state index in [1.807, 2.05) is 0 Å². The molecule has 0 aromatic heterocycles. The Balaban J connectivity index is 2.94. The van der Waals surface area contributed by atoms with Crippen molar-refractivity contribution in [3.8, 4) is 0 Å². The van der Waals surface area contributed by atoms with E-state index in [0.717, 1.165) is 23.1 Å². The number of nitrogens with zero attached hydrogens (tertiary/aromatic N) is 2. The minimum atomic E-state index is 0.477. The fourth-order valence-corrected chi connectivity index (χ4v) is 2.91. The minimum absolute atomic E-state index is 0.477. The second kappa shape index (κ2) is 7.12. The van der Waals surface area contributed by atoms with Crippen LogP contribution in [0.4, 0.5) is 5.69 Å². The van der Waals surface area contributed by atoms with Crippen molar-refractivity contribution in [1.29, 1.82) is 0 Å². The maximum atomic E-state index is 5.66. The number of benzene rings is 1. The van der Waals surface area contributed by atoms with Gasteiger partial charge in [-0.2, -0.15) is 0 Å². The third-order valence-corrected chi connectivity index (χ3v) is 3.69. The van der Waals surface area contributed by atoms with Gasteiger partial charge >= 0.3 is 0 Å². The van der Waals surface area contributed by atoms with Gasteiger partial charge in [-0.15, -0.1) is 0 Å². The minimum Gasteiger partial charge on any atom is -0.367 e. The van der Waals surface area contributed by atoms with Gasteiger partial charge in [0, 0.05) is 30.1 Å². The second-order valence-electron chi connectivity index (χ2n) is 4.89. The van der Waals surface area contributed by atoms with Crippen LogP contribution in [-0.4, -0.2) is 38.1 Å². The van der Waals surface area contributed by atoms with Gasteiger partial charge in [0.15, 0.2) is 0 Å². The number of hydrogen-bond acceptors (Lipinski definition) is 3. The molecule has 1 aromatic rings. The summed E-state index contributed by atoms with van der Waals surface area (Å²) in [4.78, 5) is 4.62. The molecule has 0 spiro atoms. The van der Waals surface area contributed by atoms with Crippen LogP contribution in [0.25, 0.3) is 0 Å². The lowest BCUT2D eigenvalue weighted by atomic mass is 10.1. The maximum Gasteiger partial charge on any atom is 0.0513 e. The molecule has 3 nitrogen and oxygen atoms in total. The van der Waals surface area contributed by atoms with E-state index in [9.17, 15) is 0 Å². The molecule has 1 unspecified atom stereocenters. The van der Waals surface area contributed by atoms with Crippen LogP contribution < -0.4 is 10.6 Å². The van der Waals surface area contributed by atoms with E-state index >= 15 is 0 Å². The number of likely N-dealkylation sites (N-methyl/N-ethyl adjacent to an activating group) is 2. The smallest absolute Gasteiger partial charge is 0.0513 e. The van der Waals surface area contributed by atoms with Crippen LogP contribution in [0, 0.1) is 0 Å². The molecule has 1 aromatic carbocycles. The van der Waals surface area contributed by atoms with Crippen molar-refractivity contribution in [3.63, 3.8) is 0 Å². The molecule has 0 aliphatic heterocycles. The first-order valence-electron chi connectivity index (χ1n) is 6.39. The van der Waals surface area contributed by atoms with Crippen LogP contribution in [-0.2, 0) is 6.54 Å². The molecule has 0 aliphatic carbocycles. The fraction of sp³-hybridized carbons (Fsp3) is 0.571. The van der Waals surface area contributed by atoms with Gasteiger partial charge in [0.1, 0.15) is 0 Å². The average Bonchev–Trinajstić information content (AvgIpc) is 2.31. The summed E-state index contributed by atoms with van der Waals surface area (Å²) in [7, 11) is 4.22. The second-order valence-corrected chi connectivity index (χ2v) is 5.74. The lowest BCUT2D eigenvalue weighted by Crippen LogP contribution is -2.40. The summed E-state index contributed by atoms with van der Waals surface area (Å²) in [6.45, 7) is 7.06. The number of hydrogen-bond donors (Lipinski definition) is 1. The van der Waals surface area contributed by atoms with Crippen molar-refractivity contribution in [2.75, 3.05) is 32.1 Å². The van der Waals surface area contributed by atoms with Crippen molar-refractivity contribution in [2.45, 2.75) is 26.4 Å². The van der Waals surface area contributed by atoms with E-state index < -0.39 is 0 Å². The molecule has 0 radical (unpaired) electrons. The third-order valence-electron chi connectivity index (χ3n) is 3.06. The highest BCUT2D eigenvalue weighted by Crippen LogP contribution is 2.28. The highest BCUT2D eigenvalue weighted by molar-refractivity contribution is 9.10. The maximum absolute atomic E-state index is 5.66. The van der Waals surface area contributed by atoms with Crippen molar-refractivity contribution in [2.24, 2.45) is 5.73 Å². The Hall–Kier alpha value is -0.580. The Morgan fingerprint density at radius 2 is 2.00 bits per heavy atom. The van der Waals surface area contributed by atoms with E-state index in [4.69, 9.17) is 5.73 Å². The van der Waals surface area contributed by atoms with Crippen LogP contribution >= 0.6 is 15.9 Å². The first-order valence-corrected chi connectivity index (χ1v) is 7.18. The Bertz CT molecular complexity index is 379. The Labute approximate surface area is 119 Å². The summed E-state index contributed by atoms with van der Waals surface area (Å²) in [6.07, 6.45) is 0. The summed E-state index contributed by atoms with van der Waals surface area (Å²) < 4.78 is 1.12. The Kier molecular flexibility index (Phi) is 6.12.